The summed E-state index contributed by atoms with van der Waals surface area (Å²) in [7, 11) is 0. The summed E-state index contributed by atoms with van der Waals surface area (Å²) in [4.78, 5) is 16.0. The molecule has 0 radical (unpaired) electrons. The molecule has 0 saturated carbocycles. The van der Waals surface area contributed by atoms with Gasteiger partial charge in [0.15, 0.2) is 17.3 Å². The molecule has 7 nitrogen and oxygen atoms in total. The number of rotatable bonds is 4. The maximum Gasteiger partial charge on any atom is 0.183 e. The van der Waals surface area contributed by atoms with Crippen LogP contribution >= 0.6 is 0 Å². The summed E-state index contributed by atoms with van der Waals surface area (Å²) in [5.41, 5.74) is 8.53. The fourth-order valence-electron chi connectivity index (χ4n) is 1.94. The fraction of sp³-hybridized carbons (Fsp3) is 0.154. The molecular formula is C13H14N6O. The predicted molar refractivity (Wildman–Crippen MR) is 77.1 cm³/mol. The highest BCUT2D eigenvalue weighted by atomic mass is 16.3. The summed E-state index contributed by atoms with van der Waals surface area (Å²) in [5.74, 6) is 1.15. The molecule has 0 unspecified atom stereocenters. The SMILES string of the molecule is Nc1cccc(-c2nc(NCCO)c3[nH]cnc3n2)c1. The minimum Gasteiger partial charge on any atom is -0.399 e. The number of aromatic amines is 1. The lowest BCUT2D eigenvalue weighted by molar-refractivity contribution is 0.311. The average molecular weight is 270 g/mol. The molecule has 3 rings (SSSR count). The van der Waals surface area contributed by atoms with Crippen molar-refractivity contribution in [3.63, 3.8) is 0 Å². The van der Waals surface area contributed by atoms with Gasteiger partial charge in [0.05, 0.1) is 12.9 Å². The van der Waals surface area contributed by atoms with Crippen molar-refractivity contribution in [2.45, 2.75) is 0 Å². The van der Waals surface area contributed by atoms with Crippen LogP contribution in [0.2, 0.25) is 0 Å². The smallest absolute Gasteiger partial charge is 0.183 e. The first-order chi connectivity index (χ1) is 9.78. The number of hydrogen-bond acceptors (Lipinski definition) is 6. The van der Waals surface area contributed by atoms with Gasteiger partial charge in [-0.25, -0.2) is 15.0 Å². The van der Waals surface area contributed by atoms with E-state index in [0.717, 1.165) is 5.56 Å². The lowest BCUT2D eigenvalue weighted by Gasteiger charge is -2.07. The molecule has 2 aromatic heterocycles. The number of imidazole rings is 1. The number of aromatic nitrogens is 4. The van der Waals surface area contributed by atoms with Crippen LogP contribution in [0.5, 0.6) is 0 Å². The van der Waals surface area contributed by atoms with E-state index in [1.54, 1.807) is 6.33 Å². The molecule has 0 spiro atoms. The van der Waals surface area contributed by atoms with Crippen molar-refractivity contribution in [3.05, 3.63) is 30.6 Å². The van der Waals surface area contributed by atoms with Gasteiger partial charge in [-0.1, -0.05) is 12.1 Å². The van der Waals surface area contributed by atoms with Crippen LogP contribution < -0.4 is 11.1 Å². The van der Waals surface area contributed by atoms with Crippen LogP contribution in [0.25, 0.3) is 22.6 Å². The topological polar surface area (TPSA) is 113 Å². The molecule has 0 amide bonds. The summed E-state index contributed by atoms with van der Waals surface area (Å²) >= 11 is 0. The van der Waals surface area contributed by atoms with Crippen molar-refractivity contribution in [2.75, 3.05) is 24.2 Å². The van der Waals surface area contributed by atoms with Crippen LogP contribution in [0.4, 0.5) is 11.5 Å². The number of nitrogens with zero attached hydrogens (tertiary/aromatic N) is 3. The second kappa shape index (κ2) is 5.14. The van der Waals surface area contributed by atoms with E-state index in [4.69, 9.17) is 10.8 Å². The monoisotopic (exact) mass is 270 g/mol. The van der Waals surface area contributed by atoms with Crippen molar-refractivity contribution in [2.24, 2.45) is 0 Å². The normalized spacial score (nSPS) is 10.8. The number of fused-ring (bicyclic) bond motifs is 1. The third-order valence-corrected chi connectivity index (χ3v) is 2.83. The maximum atomic E-state index is 8.92. The predicted octanol–water partition coefficient (Wildman–Crippen LogP) is 1.01. The molecule has 5 N–H and O–H groups in total. The first-order valence-electron chi connectivity index (χ1n) is 6.19. The molecule has 1 aromatic carbocycles. The number of aliphatic hydroxyl groups is 1. The van der Waals surface area contributed by atoms with E-state index in [1.165, 1.54) is 0 Å². The summed E-state index contributed by atoms with van der Waals surface area (Å²) in [6.45, 7) is 0.425. The van der Waals surface area contributed by atoms with Crippen molar-refractivity contribution < 1.29 is 5.11 Å². The number of hydrogen-bond donors (Lipinski definition) is 4. The Bertz CT molecular complexity index is 739. The number of benzene rings is 1. The highest BCUT2D eigenvalue weighted by molar-refractivity contribution is 5.84. The molecule has 0 aliphatic heterocycles. The average Bonchev–Trinajstić information content (AvgIpc) is 2.93. The molecule has 20 heavy (non-hydrogen) atoms. The van der Waals surface area contributed by atoms with E-state index >= 15 is 0 Å². The summed E-state index contributed by atoms with van der Waals surface area (Å²) in [6, 6.07) is 7.36. The van der Waals surface area contributed by atoms with Gasteiger partial charge in [0.2, 0.25) is 0 Å². The van der Waals surface area contributed by atoms with Crippen molar-refractivity contribution >= 4 is 22.7 Å². The Balaban J connectivity index is 2.11. The zero-order valence-electron chi connectivity index (χ0n) is 10.7. The Kier molecular flexibility index (Phi) is 3.18. The van der Waals surface area contributed by atoms with Crippen molar-refractivity contribution in [1.82, 2.24) is 19.9 Å². The van der Waals surface area contributed by atoms with Gasteiger partial charge >= 0.3 is 0 Å². The van der Waals surface area contributed by atoms with Crippen LogP contribution in [0, 0.1) is 0 Å². The molecule has 0 aliphatic carbocycles. The Hall–Kier alpha value is -2.67. The van der Waals surface area contributed by atoms with Crippen LogP contribution in [-0.4, -0.2) is 38.2 Å². The quantitative estimate of drug-likeness (QED) is 0.526. The van der Waals surface area contributed by atoms with E-state index in [2.05, 4.69) is 25.3 Å². The van der Waals surface area contributed by atoms with E-state index in [1.807, 2.05) is 24.3 Å². The van der Waals surface area contributed by atoms with Crippen LogP contribution in [-0.2, 0) is 0 Å². The Labute approximate surface area is 114 Å². The maximum absolute atomic E-state index is 8.92. The van der Waals surface area contributed by atoms with E-state index < -0.39 is 0 Å². The molecule has 0 atom stereocenters. The van der Waals surface area contributed by atoms with Gasteiger partial charge in [-0.2, -0.15) is 0 Å². The number of anilines is 2. The molecule has 0 bridgehead atoms. The lowest BCUT2D eigenvalue weighted by Crippen LogP contribution is -2.08. The third kappa shape index (κ3) is 2.26. The zero-order valence-corrected chi connectivity index (χ0v) is 10.7. The third-order valence-electron chi connectivity index (χ3n) is 2.83. The highest BCUT2D eigenvalue weighted by Gasteiger charge is 2.11. The summed E-state index contributed by atoms with van der Waals surface area (Å²) in [5, 5.41) is 12.0. The van der Waals surface area contributed by atoms with E-state index in [-0.39, 0.29) is 6.61 Å². The first kappa shape index (κ1) is 12.4. The Morgan fingerprint density at radius 2 is 2.20 bits per heavy atom. The molecule has 0 saturated heterocycles. The van der Waals surface area contributed by atoms with Crippen molar-refractivity contribution in [1.29, 1.82) is 0 Å². The standard InChI is InChI=1S/C13H14N6O/c14-9-3-1-2-8(6-9)11-18-12(15-4-5-20)10-13(19-11)17-7-16-10/h1-3,6-7,20H,4-5,14H2,(H2,15,16,17,18,19). The minimum atomic E-state index is 0.0211. The molecule has 0 aliphatic rings. The molecular weight excluding hydrogens is 256 g/mol. The second-order valence-corrected chi connectivity index (χ2v) is 4.27. The number of aliphatic hydroxyl groups excluding tert-OH is 1. The van der Waals surface area contributed by atoms with Gasteiger partial charge in [-0.15, -0.1) is 0 Å². The largest absolute Gasteiger partial charge is 0.399 e. The molecule has 7 heteroatoms. The molecule has 102 valence electrons. The van der Waals surface area contributed by atoms with Crippen LogP contribution in [0.15, 0.2) is 30.6 Å². The number of nitrogen functional groups attached to an aromatic ring is 1. The van der Waals surface area contributed by atoms with Crippen LogP contribution in [0.1, 0.15) is 0 Å². The van der Waals surface area contributed by atoms with Crippen LogP contribution in [0.3, 0.4) is 0 Å². The van der Waals surface area contributed by atoms with Crippen molar-refractivity contribution in [3.8, 4) is 11.4 Å². The van der Waals surface area contributed by atoms with Gasteiger partial charge in [0.25, 0.3) is 0 Å². The van der Waals surface area contributed by atoms with Gasteiger partial charge < -0.3 is 21.1 Å². The molecule has 3 aromatic rings. The number of H-pyrrole nitrogens is 1. The fourth-order valence-corrected chi connectivity index (χ4v) is 1.94. The van der Waals surface area contributed by atoms with Gasteiger partial charge in [0.1, 0.15) is 5.52 Å². The minimum absolute atomic E-state index is 0.0211. The molecule has 0 fully saturated rings. The molecule has 2 heterocycles. The van der Waals surface area contributed by atoms with E-state index in [0.29, 0.717) is 35.0 Å². The second-order valence-electron chi connectivity index (χ2n) is 4.27. The summed E-state index contributed by atoms with van der Waals surface area (Å²) in [6.07, 6.45) is 1.56. The van der Waals surface area contributed by atoms with Gasteiger partial charge in [-0.05, 0) is 12.1 Å². The van der Waals surface area contributed by atoms with Gasteiger partial charge in [0, 0.05) is 17.8 Å². The Morgan fingerprint density at radius 1 is 1.30 bits per heavy atom. The lowest BCUT2D eigenvalue weighted by atomic mass is 10.2. The Morgan fingerprint density at radius 3 is 3.00 bits per heavy atom. The summed E-state index contributed by atoms with van der Waals surface area (Å²) < 4.78 is 0. The first-order valence-corrected chi connectivity index (χ1v) is 6.19. The van der Waals surface area contributed by atoms with Gasteiger partial charge in [-0.3, -0.25) is 0 Å². The number of nitrogens with one attached hydrogen (secondary N) is 2. The van der Waals surface area contributed by atoms with E-state index in [9.17, 15) is 0 Å². The number of nitrogens with two attached hydrogens (primary N) is 1. The zero-order chi connectivity index (χ0) is 13.9. The highest BCUT2D eigenvalue weighted by Crippen LogP contribution is 2.23.